The first-order chi connectivity index (χ1) is 25.3. The lowest BCUT2D eigenvalue weighted by Crippen LogP contribution is -2.29. The summed E-state index contributed by atoms with van der Waals surface area (Å²) in [6, 6.07) is 0. The Hall–Kier alpha value is -1.81. The number of phosphoric ester groups is 1. The minimum atomic E-state index is -4.38. The summed E-state index contributed by atoms with van der Waals surface area (Å²) in [5.41, 5.74) is 5.34. The van der Waals surface area contributed by atoms with Crippen LogP contribution >= 0.6 is 7.82 Å². The van der Waals surface area contributed by atoms with Gasteiger partial charge in [0.25, 0.3) is 0 Å². The second-order valence-electron chi connectivity index (χ2n) is 13.9. The molecule has 0 aromatic heterocycles. The molecule has 1 aliphatic heterocycles. The lowest BCUT2D eigenvalue weighted by molar-refractivity contribution is -0.161. The van der Waals surface area contributed by atoms with E-state index in [9.17, 15) is 19.0 Å². The van der Waals surface area contributed by atoms with E-state index in [1.54, 1.807) is 0 Å². The number of unbranched alkanes of at least 4 members (excludes halogenated alkanes) is 15. The van der Waals surface area contributed by atoms with Crippen molar-refractivity contribution >= 4 is 19.8 Å². The minimum absolute atomic E-state index is 0.0460. The lowest BCUT2D eigenvalue weighted by atomic mass is 10.1. The maximum absolute atomic E-state index is 12.6. The van der Waals surface area contributed by atoms with Gasteiger partial charge in [-0.3, -0.25) is 18.6 Å². The van der Waals surface area contributed by atoms with Crippen molar-refractivity contribution in [2.45, 2.75) is 186 Å². The number of hydrogen-bond acceptors (Lipinski definition) is 9. The topological polar surface area (TPSA) is 147 Å². The normalized spacial score (nSPS) is 17.6. The predicted octanol–water partition coefficient (Wildman–Crippen LogP) is 10.4. The number of carbonyl (C=O) groups excluding carboxylic acids is 2. The van der Waals surface area contributed by atoms with Gasteiger partial charge in [-0.25, -0.2) is 4.57 Å². The van der Waals surface area contributed by atoms with Crippen LogP contribution in [0, 0.1) is 0 Å². The van der Waals surface area contributed by atoms with Gasteiger partial charge >= 0.3 is 19.8 Å². The Bertz CT molecular complexity index is 1020. The summed E-state index contributed by atoms with van der Waals surface area (Å²) in [6.45, 7) is 3.62. The summed E-state index contributed by atoms with van der Waals surface area (Å²) >= 11 is 0. The van der Waals surface area contributed by atoms with Crippen molar-refractivity contribution in [3.8, 4) is 0 Å². The van der Waals surface area contributed by atoms with Gasteiger partial charge in [0.2, 0.25) is 0 Å². The maximum Gasteiger partial charge on any atom is 0.472 e. The van der Waals surface area contributed by atoms with E-state index in [0.717, 1.165) is 77.0 Å². The second-order valence-corrected chi connectivity index (χ2v) is 15.3. The first-order valence-electron chi connectivity index (χ1n) is 20.6. The third kappa shape index (κ3) is 30.6. The highest BCUT2D eigenvalue weighted by atomic mass is 31.2. The first-order valence-corrected chi connectivity index (χ1v) is 22.1. The average Bonchev–Trinajstić information content (AvgIpc) is 3.88. The highest BCUT2D eigenvalue weighted by Gasteiger charge is 2.36. The highest BCUT2D eigenvalue weighted by Crippen LogP contribution is 2.43. The molecule has 0 aromatic carbocycles. The van der Waals surface area contributed by atoms with Crippen LogP contribution in [0.1, 0.15) is 168 Å². The number of rotatable bonds is 37. The Morgan fingerprint density at radius 1 is 0.692 bits per heavy atom. The highest BCUT2D eigenvalue weighted by molar-refractivity contribution is 7.47. The zero-order valence-corrected chi connectivity index (χ0v) is 33.6. The Kier molecular flexibility index (Phi) is 31.3. The lowest BCUT2D eigenvalue weighted by Gasteiger charge is -2.19. The molecule has 0 aliphatic carbocycles. The van der Waals surface area contributed by atoms with Crippen LogP contribution in [0.5, 0.6) is 0 Å². The van der Waals surface area contributed by atoms with Crippen LogP contribution < -0.4 is 5.73 Å². The number of ether oxygens (including phenoxy) is 3. The number of carbonyl (C=O) groups is 2. The molecular weight excluding hydrogens is 681 g/mol. The third-order valence-corrected chi connectivity index (χ3v) is 9.91. The molecule has 0 amide bonds. The molecule has 0 radical (unpaired) electrons. The number of allylic oxidation sites excluding steroid dienone is 5. The van der Waals surface area contributed by atoms with Crippen molar-refractivity contribution in [3.05, 3.63) is 36.5 Å². The standard InChI is InChI=1S/C41H74NO9P/c1-3-5-7-8-9-10-11-12-13-14-15-16-21-24-28-32-41(44)50-37(36-49-52(45,46)48-34-33-42)35-47-40(43)31-27-23-20-18-17-19-22-26-30-39-38(51-39)29-25-6-4-2/h9-10,12-13,22,26,37-39H,3-8,11,14-21,23-25,27-36,42H2,1-2H3,(H,45,46)/b10-9-,13-12-,26-22-/t37-,38?,39?/m1/s1. The van der Waals surface area contributed by atoms with Gasteiger partial charge in [-0.2, -0.15) is 0 Å². The molecule has 11 heteroatoms. The molecule has 3 N–H and O–H groups in total. The van der Waals surface area contributed by atoms with Gasteiger partial charge in [-0.05, 0) is 70.6 Å². The Labute approximate surface area is 316 Å². The van der Waals surface area contributed by atoms with Crippen LogP contribution in [0.3, 0.4) is 0 Å². The van der Waals surface area contributed by atoms with Gasteiger partial charge < -0.3 is 24.8 Å². The Morgan fingerprint density at radius 3 is 1.88 bits per heavy atom. The van der Waals surface area contributed by atoms with Crippen LogP contribution in [-0.2, 0) is 37.4 Å². The number of nitrogens with two attached hydrogens (primary N) is 1. The summed E-state index contributed by atoms with van der Waals surface area (Å²) in [6.07, 6.45) is 37.7. The summed E-state index contributed by atoms with van der Waals surface area (Å²) in [7, 11) is -4.38. The monoisotopic (exact) mass is 756 g/mol. The molecule has 1 aliphatic rings. The molecule has 302 valence electrons. The van der Waals surface area contributed by atoms with Crippen LogP contribution in [0.4, 0.5) is 0 Å². The zero-order valence-electron chi connectivity index (χ0n) is 32.7. The van der Waals surface area contributed by atoms with Crippen molar-refractivity contribution in [2.24, 2.45) is 5.73 Å². The molecule has 4 atom stereocenters. The fourth-order valence-corrected chi connectivity index (χ4v) is 6.49. The molecule has 52 heavy (non-hydrogen) atoms. The molecule has 1 fully saturated rings. The quantitative estimate of drug-likeness (QED) is 0.0206. The molecule has 1 saturated heterocycles. The fraction of sp³-hybridized carbons (Fsp3) is 0.805. The van der Waals surface area contributed by atoms with Gasteiger partial charge in [-0.15, -0.1) is 0 Å². The molecule has 1 heterocycles. The molecule has 1 rings (SSSR count). The van der Waals surface area contributed by atoms with Crippen molar-refractivity contribution in [1.82, 2.24) is 0 Å². The van der Waals surface area contributed by atoms with Crippen LogP contribution in [0.15, 0.2) is 36.5 Å². The number of epoxide rings is 1. The molecule has 3 unspecified atom stereocenters. The summed E-state index contributed by atoms with van der Waals surface area (Å²) < 4.78 is 38.4. The van der Waals surface area contributed by atoms with E-state index in [4.69, 9.17) is 29.0 Å². The van der Waals surface area contributed by atoms with E-state index < -0.39 is 32.5 Å². The Balaban J connectivity index is 2.21. The van der Waals surface area contributed by atoms with Gasteiger partial charge in [0.1, 0.15) is 6.61 Å². The first kappa shape index (κ1) is 48.2. The smallest absolute Gasteiger partial charge is 0.462 e. The second kappa shape index (κ2) is 33.7. The Morgan fingerprint density at radius 2 is 1.25 bits per heavy atom. The molecule has 0 aromatic rings. The maximum atomic E-state index is 12.6. The van der Waals surface area contributed by atoms with Gasteiger partial charge in [-0.1, -0.05) is 121 Å². The summed E-state index contributed by atoms with van der Waals surface area (Å²) in [5, 5.41) is 0. The van der Waals surface area contributed by atoms with Crippen molar-refractivity contribution in [1.29, 1.82) is 0 Å². The van der Waals surface area contributed by atoms with Crippen LogP contribution in [0.25, 0.3) is 0 Å². The zero-order chi connectivity index (χ0) is 38.0. The summed E-state index contributed by atoms with van der Waals surface area (Å²) in [4.78, 5) is 34.8. The van der Waals surface area contributed by atoms with Crippen molar-refractivity contribution in [2.75, 3.05) is 26.4 Å². The van der Waals surface area contributed by atoms with Gasteiger partial charge in [0, 0.05) is 19.4 Å². The molecular formula is C41H74NO9P. The van der Waals surface area contributed by atoms with Crippen molar-refractivity contribution < 1.29 is 42.3 Å². The largest absolute Gasteiger partial charge is 0.472 e. The number of phosphoric acid groups is 1. The molecule has 0 spiro atoms. The molecule has 0 saturated carbocycles. The minimum Gasteiger partial charge on any atom is -0.462 e. The molecule has 10 nitrogen and oxygen atoms in total. The number of esters is 2. The van der Waals surface area contributed by atoms with E-state index in [-0.39, 0.29) is 32.6 Å². The fourth-order valence-electron chi connectivity index (χ4n) is 5.73. The van der Waals surface area contributed by atoms with Gasteiger partial charge in [0.05, 0.1) is 25.4 Å². The average molecular weight is 756 g/mol. The van der Waals surface area contributed by atoms with E-state index in [0.29, 0.717) is 25.0 Å². The van der Waals surface area contributed by atoms with Crippen molar-refractivity contribution in [3.63, 3.8) is 0 Å². The number of hydrogen-bond donors (Lipinski definition) is 2. The van der Waals surface area contributed by atoms with E-state index in [1.807, 2.05) is 0 Å². The SMILES string of the molecule is CCCCC/C=C\C/C=C\CCCCCCCC(=O)O[C@H](COC(=O)CCCCCCC/C=C\CC1OC1CCCCC)COP(=O)(O)OCCN. The van der Waals surface area contributed by atoms with Crippen LogP contribution in [0.2, 0.25) is 0 Å². The van der Waals surface area contributed by atoms with Crippen LogP contribution in [-0.4, -0.2) is 61.5 Å². The summed E-state index contributed by atoms with van der Waals surface area (Å²) in [5.74, 6) is -0.868. The van der Waals surface area contributed by atoms with E-state index >= 15 is 0 Å². The van der Waals surface area contributed by atoms with Gasteiger partial charge in [0.15, 0.2) is 6.10 Å². The van der Waals surface area contributed by atoms with E-state index in [1.165, 1.54) is 51.4 Å². The predicted molar refractivity (Wildman–Crippen MR) is 210 cm³/mol. The third-order valence-electron chi connectivity index (χ3n) is 8.92. The molecule has 0 bridgehead atoms. The van der Waals surface area contributed by atoms with E-state index in [2.05, 4.69) is 50.3 Å².